The summed E-state index contributed by atoms with van der Waals surface area (Å²) in [5, 5.41) is 5.39. The summed E-state index contributed by atoms with van der Waals surface area (Å²) in [7, 11) is 0.753. The average Bonchev–Trinajstić information content (AvgIpc) is 3.13. The van der Waals surface area contributed by atoms with Crippen LogP contribution in [0.5, 0.6) is 0 Å². The van der Waals surface area contributed by atoms with Crippen LogP contribution in [0.1, 0.15) is 12.5 Å². The molecule has 8 heteroatoms. The lowest BCUT2D eigenvalue weighted by molar-refractivity contribution is 0.425. The lowest BCUT2D eigenvalue weighted by atomic mass is 10.0. The Hall–Kier alpha value is -2.97. The van der Waals surface area contributed by atoms with Crippen LogP contribution < -0.4 is 5.32 Å². The molecular weight excluding hydrogens is 410 g/mol. The Morgan fingerprint density at radius 1 is 1.13 bits per heavy atom. The van der Waals surface area contributed by atoms with Crippen LogP contribution >= 0.6 is 0 Å². The van der Waals surface area contributed by atoms with E-state index in [0.29, 0.717) is 4.90 Å². The van der Waals surface area contributed by atoms with E-state index < -0.39 is 9.84 Å². The Bertz CT molecular complexity index is 1360. The maximum absolute atomic E-state index is 12.4. The molecule has 0 amide bonds. The molecule has 0 atom stereocenters. The molecule has 0 aliphatic rings. The van der Waals surface area contributed by atoms with E-state index in [9.17, 15) is 8.42 Å². The Balaban J connectivity index is 1.93. The van der Waals surface area contributed by atoms with Gasteiger partial charge >= 0.3 is 0 Å². The summed E-state index contributed by atoms with van der Waals surface area (Å²) in [6.45, 7) is 5.29. The number of rotatable bonds is 7. The van der Waals surface area contributed by atoms with Crippen molar-refractivity contribution in [2.75, 3.05) is 38.3 Å². The molecule has 7 nitrogen and oxygen atoms in total. The van der Waals surface area contributed by atoms with Gasteiger partial charge in [0.2, 0.25) is 0 Å². The van der Waals surface area contributed by atoms with Gasteiger partial charge in [-0.25, -0.2) is 18.4 Å². The van der Waals surface area contributed by atoms with Crippen LogP contribution in [0.15, 0.2) is 47.6 Å². The monoisotopic (exact) mass is 437 g/mol. The van der Waals surface area contributed by atoms with Crippen molar-refractivity contribution in [3.8, 4) is 11.1 Å². The average molecular weight is 438 g/mol. The molecule has 0 fully saturated rings. The molecule has 0 saturated heterocycles. The number of hydrogen-bond donors (Lipinski definition) is 2. The molecule has 0 radical (unpaired) electrons. The maximum atomic E-state index is 12.4. The van der Waals surface area contributed by atoms with Gasteiger partial charge in [-0.3, -0.25) is 0 Å². The number of nitrogens with zero attached hydrogens (tertiary/aromatic N) is 3. The maximum Gasteiger partial charge on any atom is 0.178 e. The number of benzene rings is 1. The number of nitrogens with one attached hydrogen (secondary N) is 2. The van der Waals surface area contributed by atoms with Gasteiger partial charge in [0.1, 0.15) is 5.65 Å². The van der Waals surface area contributed by atoms with Gasteiger partial charge in [0.25, 0.3) is 0 Å². The lowest BCUT2D eigenvalue weighted by Gasteiger charge is -2.13. The normalized spacial score (nSPS) is 12.2. The summed E-state index contributed by atoms with van der Waals surface area (Å²) in [6.07, 6.45) is 3.64. The summed E-state index contributed by atoms with van der Waals surface area (Å²) >= 11 is 0. The molecule has 0 saturated carbocycles. The van der Waals surface area contributed by atoms with Crippen LogP contribution in [-0.4, -0.2) is 61.2 Å². The molecule has 0 spiro atoms. The van der Waals surface area contributed by atoms with Crippen molar-refractivity contribution in [3.63, 3.8) is 0 Å². The predicted octanol–water partition coefficient (Wildman–Crippen LogP) is 3.85. The molecule has 162 valence electrons. The zero-order valence-electron chi connectivity index (χ0n) is 18.2. The van der Waals surface area contributed by atoms with E-state index in [0.717, 1.165) is 57.5 Å². The quantitative estimate of drug-likeness (QED) is 0.456. The molecule has 2 N–H and O–H groups in total. The predicted molar refractivity (Wildman–Crippen MR) is 126 cm³/mol. The van der Waals surface area contributed by atoms with Crippen molar-refractivity contribution >= 4 is 37.6 Å². The number of fused-ring (bicyclic) bond motifs is 3. The second-order valence-corrected chi connectivity index (χ2v) is 10.2. The Morgan fingerprint density at radius 2 is 1.94 bits per heavy atom. The molecule has 3 aromatic heterocycles. The smallest absolute Gasteiger partial charge is 0.178 e. The molecule has 4 aromatic rings. The third-order valence-corrected chi connectivity index (χ3v) is 7.08. The Labute approximate surface area is 182 Å². The second-order valence-electron chi connectivity index (χ2n) is 7.97. The van der Waals surface area contributed by atoms with Gasteiger partial charge < -0.3 is 15.2 Å². The van der Waals surface area contributed by atoms with Crippen LogP contribution in [-0.2, 0) is 9.84 Å². The molecule has 4 rings (SSSR count). The molecule has 0 unspecified atom stereocenters. The summed E-state index contributed by atoms with van der Waals surface area (Å²) in [6, 6.07) is 9.18. The first-order chi connectivity index (χ1) is 14.8. The SMILES string of the molecule is CCS(=O)(=O)c1cccc(-c2cnc(NCCN(C)C)c3[nH]c4ncc(C)cc4c23)c1. The van der Waals surface area contributed by atoms with Crippen LogP contribution in [0.2, 0.25) is 0 Å². The number of aryl methyl sites for hydroxylation is 1. The Morgan fingerprint density at radius 3 is 2.68 bits per heavy atom. The highest BCUT2D eigenvalue weighted by atomic mass is 32.2. The second kappa shape index (κ2) is 8.28. The van der Waals surface area contributed by atoms with Gasteiger partial charge in [0.15, 0.2) is 15.7 Å². The van der Waals surface area contributed by atoms with Crippen molar-refractivity contribution < 1.29 is 8.42 Å². The Kier molecular flexibility index (Phi) is 5.68. The van der Waals surface area contributed by atoms with Crippen molar-refractivity contribution in [2.24, 2.45) is 0 Å². The fourth-order valence-electron chi connectivity index (χ4n) is 3.67. The molecule has 0 aliphatic heterocycles. The van der Waals surface area contributed by atoms with E-state index >= 15 is 0 Å². The largest absolute Gasteiger partial charge is 0.367 e. The first-order valence-corrected chi connectivity index (χ1v) is 11.9. The summed E-state index contributed by atoms with van der Waals surface area (Å²) in [5.74, 6) is 0.822. The zero-order chi connectivity index (χ0) is 22.2. The van der Waals surface area contributed by atoms with Gasteiger partial charge in [0.05, 0.1) is 16.2 Å². The minimum absolute atomic E-state index is 0.0645. The minimum atomic E-state index is -3.30. The number of aromatic nitrogens is 3. The highest BCUT2D eigenvalue weighted by Gasteiger charge is 2.18. The van der Waals surface area contributed by atoms with Gasteiger partial charge in [-0.05, 0) is 50.3 Å². The van der Waals surface area contributed by atoms with Crippen molar-refractivity contribution in [2.45, 2.75) is 18.7 Å². The highest BCUT2D eigenvalue weighted by Crippen LogP contribution is 2.37. The van der Waals surface area contributed by atoms with Gasteiger partial charge in [0, 0.05) is 41.8 Å². The third kappa shape index (κ3) is 4.13. The van der Waals surface area contributed by atoms with Crippen molar-refractivity contribution in [1.82, 2.24) is 19.9 Å². The number of pyridine rings is 2. The summed E-state index contributed by atoms with van der Waals surface area (Å²) < 4.78 is 24.9. The molecule has 31 heavy (non-hydrogen) atoms. The number of aromatic amines is 1. The number of likely N-dealkylation sites (N-methyl/N-ethyl adjacent to an activating group) is 1. The third-order valence-electron chi connectivity index (χ3n) is 5.35. The molecule has 0 aliphatic carbocycles. The number of sulfone groups is 1. The first kappa shape index (κ1) is 21.3. The van der Waals surface area contributed by atoms with Gasteiger partial charge in [-0.2, -0.15) is 0 Å². The standard InChI is InChI=1S/C23H27N5O2S/c1-5-31(29,30)17-8-6-7-16(12-17)19-14-26-23(24-9-10-28(3)4)21-20(19)18-11-15(2)13-25-22(18)27-21/h6-8,11-14H,5,9-10H2,1-4H3,(H,24,26)(H,25,27). The summed E-state index contributed by atoms with van der Waals surface area (Å²) in [4.78, 5) is 15.1. The zero-order valence-corrected chi connectivity index (χ0v) is 19.0. The van der Waals surface area contributed by atoms with Crippen LogP contribution in [0, 0.1) is 6.92 Å². The van der Waals surface area contributed by atoms with E-state index in [1.165, 1.54) is 0 Å². The number of H-pyrrole nitrogens is 1. The van der Waals surface area contributed by atoms with Crippen molar-refractivity contribution in [1.29, 1.82) is 0 Å². The molecule has 0 bridgehead atoms. The molecule has 1 aromatic carbocycles. The van der Waals surface area contributed by atoms with Gasteiger partial charge in [-0.15, -0.1) is 0 Å². The van der Waals surface area contributed by atoms with Crippen LogP contribution in [0.4, 0.5) is 5.82 Å². The van der Waals surface area contributed by atoms with Crippen molar-refractivity contribution in [3.05, 3.63) is 48.3 Å². The first-order valence-electron chi connectivity index (χ1n) is 10.3. The minimum Gasteiger partial charge on any atom is -0.367 e. The van der Waals surface area contributed by atoms with E-state index in [1.54, 1.807) is 25.1 Å². The molecular formula is C23H27N5O2S. The number of hydrogen-bond acceptors (Lipinski definition) is 6. The lowest BCUT2D eigenvalue weighted by Crippen LogP contribution is -2.21. The van der Waals surface area contributed by atoms with Crippen LogP contribution in [0.25, 0.3) is 33.1 Å². The summed E-state index contributed by atoms with van der Waals surface area (Å²) in [5.41, 5.74) is 4.39. The van der Waals surface area contributed by atoms with E-state index in [-0.39, 0.29) is 5.75 Å². The van der Waals surface area contributed by atoms with E-state index in [2.05, 4.69) is 31.2 Å². The van der Waals surface area contributed by atoms with Gasteiger partial charge in [-0.1, -0.05) is 19.1 Å². The fraction of sp³-hybridized carbons (Fsp3) is 0.304. The molecule has 3 heterocycles. The fourth-order valence-corrected chi connectivity index (χ4v) is 4.59. The van der Waals surface area contributed by atoms with E-state index in [4.69, 9.17) is 0 Å². The van der Waals surface area contributed by atoms with E-state index in [1.807, 2.05) is 39.5 Å². The highest BCUT2D eigenvalue weighted by molar-refractivity contribution is 7.91. The topological polar surface area (TPSA) is 91.0 Å². The van der Waals surface area contributed by atoms with Crippen LogP contribution in [0.3, 0.4) is 0 Å². The number of anilines is 1.